The molecule has 1 aliphatic rings. The molecule has 1 fully saturated rings. The van der Waals surface area contributed by atoms with Crippen LogP contribution in [0.25, 0.3) is 0 Å². The summed E-state index contributed by atoms with van der Waals surface area (Å²) in [6, 6.07) is 17.9. The van der Waals surface area contributed by atoms with Gasteiger partial charge in [0.05, 0.1) is 23.4 Å². The van der Waals surface area contributed by atoms with Crippen molar-refractivity contribution in [2.75, 3.05) is 7.05 Å². The van der Waals surface area contributed by atoms with Crippen LogP contribution < -0.4 is 5.32 Å². The zero-order chi connectivity index (χ0) is 22.7. The number of hydrogen-bond donors (Lipinski definition) is 3. The number of halogens is 1. The fraction of sp³-hybridized carbons (Fsp3) is 0.360. The molecule has 1 unspecified atom stereocenters. The van der Waals surface area contributed by atoms with Crippen molar-refractivity contribution < 1.29 is 9.90 Å². The highest BCUT2D eigenvalue weighted by atomic mass is 35.5. The molecule has 7 heteroatoms. The summed E-state index contributed by atoms with van der Waals surface area (Å²) in [5, 5.41) is 21.8. The van der Waals surface area contributed by atoms with E-state index in [4.69, 9.17) is 11.6 Å². The summed E-state index contributed by atoms with van der Waals surface area (Å²) in [4.78, 5) is 14.4. The number of amides is 1. The van der Waals surface area contributed by atoms with Gasteiger partial charge in [-0.3, -0.25) is 9.89 Å². The van der Waals surface area contributed by atoms with E-state index in [1.165, 1.54) is 5.56 Å². The summed E-state index contributed by atoms with van der Waals surface area (Å²) in [5.41, 5.74) is 4.21. The van der Waals surface area contributed by atoms with Crippen molar-refractivity contribution in [3.8, 4) is 0 Å². The molecule has 0 bridgehead atoms. The minimum Gasteiger partial charge on any atom is -0.387 e. The maximum Gasteiger partial charge on any atom is 0.253 e. The Morgan fingerprint density at radius 3 is 2.56 bits per heavy atom. The summed E-state index contributed by atoms with van der Waals surface area (Å²) in [6.45, 7) is 2.20. The summed E-state index contributed by atoms with van der Waals surface area (Å²) in [6.07, 6.45) is 2.33. The Labute approximate surface area is 193 Å². The van der Waals surface area contributed by atoms with Crippen LogP contribution in [-0.2, 0) is 13.0 Å². The average molecular weight is 453 g/mol. The average Bonchev–Trinajstić information content (AvgIpc) is 3.41. The predicted octanol–water partition coefficient (Wildman–Crippen LogP) is 4.04. The molecule has 2 aromatic carbocycles. The number of aliphatic hydroxyl groups is 1. The predicted molar refractivity (Wildman–Crippen MR) is 126 cm³/mol. The second kappa shape index (κ2) is 9.86. The van der Waals surface area contributed by atoms with Crippen LogP contribution in [0.1, 0.15) is 51.8 Å². The maximum atomic E-state index is 12.8. The van der Waals surface area contributed by atoms with Crippen LogP contribution in [0.15, 0.2) is 54.6 Å². The Bertz CT molecular complexity index is 1050. The van der Waals surface area contributed by atoms with Crippen LogP contribution in [-0.4, -0.2) is 45.2 Å². The first-order chi connectivity index (χ1) is 15.4. The summed E-state index contributed by atoms with van der Waals surface area (Å²) in [7, 11) is 1.75. The lowest BCUT2D eigenvalue weighted by molar-refractivity contribution is 0.0783. The van der Waals surface area contributed by atoms with Crippen molar-refractivity contribution in [1.29, 1.82) is 0 Å². The van der Waals surface area contributed by atoms with Crippen molar-refractivity contribution >= 4 is 17.5 Å². The van der Waals surface area contributed by atoms with E-state index < -0.39 is 6.10 Å². The van der Waals surface area contributed by atoms with Gasteiger partial charge in [-0.15, -0.1) is 0 Å². The van der Waals surface area contributed by atoms with Crippen molar-refractivity contribution in [1.82, 2.24) is 20.4 Å². The first kappa shape index (κ1) is 22.5. The topological polar surface area (TPSA) is 81.2 Å². The minimum atomic E-state index is -0.497. The van der Waals surface area contributed by atoms with Gasteiger partial charge in [0.1, 0.15) is 5.69 Å². The Morgan fingerprint density at radius 2 is 1.91 bits per heavy atom. The summed E-state index contributed by atoms with van der Waals surface area (Å²) in [5.74, 6) is -0.0710. The third-order valence-electron chi connectivity index (χ3n) is 6.16. The van der Waals surface area contributed by atoms with Crippen molar-refractivity contribution in [3.63, 3.8) is 0 Å². The lowest BCUT2D eigenvalue weighted by Gasteiger charge is -2.20. The SMILES string of the molecule is Cc1[nH]nc(CN(C)C(=O)c2ccc(C[C@@H]3CC[C@H](C(O)c4ccccc4)N3)cc2)c1Cl. The van der Waals surface area contributed by atoms with E-state index in [1.54, 1.807) is 11.9 Å². The molecule has 32 heavy (non-hydrogen) atoms. The zero-order valence-corrected chi connectivity index (χ0v) is 19.1. The molecule has 1 aromatic heterocycles. The van der Waals surface area contributed by atoms with Gasteiger partial charge in [0.25, 0.3) is 5.91 Å². The smallest absolute Gasteiger partial charge is 0.253 e. The zero-order valence-electron chi connectivity index (χ0n) is 18.4. The fourth-order valence-corrected chi connectivity index (χ4v) is 4.44. The first-order valence-electron chi connectivity index (χ1n) is 10.9. The monoisotopic (exact) mass is 452 g/mol. The molecule has 6 nitrogen and oxygen atoms in total. The number of benzene rings is 2. The van der Waals surface area contributed by atoms with Gasteiger partial charge in [-0.05, 0) is 49.4 Å². The molecule has 3 atom stereocenters. The molecule has 1 saturated heterocycles. The van der Waals surface area contributed by atoms with Gasteiger partial charge >= 0.3 is 0 Å². The number of aryl methyl sites for hydroxylation is 1. The lowest BCUT2D eigenvalue weighted by atomic mass is 10.0. The number of aromatic nitrogens is 2. The number of carbonyl (C=O) groups excluding carboxylic acids is 1. The van der Waals surface area contributed by atoms with Crippen LogP contribution in [0.3, 0.4) is 0 Å². The van der Waals surface area contributed by atoms with Crippen LogP contribution >= 0.6 is 11.6 Å². The lowest BCUT2D eigenvalue weighted by Crippen LogP contribution is -2.35. The van der Waals surface area contributed by atoms with E-state index in [0.717, 1.165) is 30.5 Å². The Kier molecular flexibility index (Phi) is 6.94. The molecule has 0 saturated carbocycles. The first-order valence-corrected chi connectivity index (χ1v) is 11.3. The molecule has 4 rings (SSSR count). The van der Waals surface area contributed by atoms with Crippen LogP contribution in [0.4, 0.5) is 0 Å². The molecule has 0 spiro atoms. The van der Waals surface area contributed by atoms with Crippen molar-refractivity contribution in [3.05, 3.63) is 87.7 Å². The Balaban J connectivity index is 1.32. The highest BCUT2D eigenvalue weighted by Crippen LogP contribution is 2.27. The van der Waals surface area contributed by atoms with Crippen LogP contribution in [0.5, 0.6) is 0 Å². The number of aromatic amines is 1. The van der Waals surface area contributed by atoms with Gasteiger partial charge in [-0.2, -0.15) is 5.10 Å². The van der Waals surface area contributed by atoms with E-state index in [2.05, 4.69) is 15.5 Å². The number of nitrogens with zero attached hydrogens (tertiary/aromatic N) is 2. The third-order valence-corrected chi connectivity index (χ3v) is 6.66. The second-order valence-electron chi connectivity index (χ2n) is 8.57. The summed E-state index contributed by atoms with van der Waals surface area (Å²) < 4.78 is 0. The van der Waals surface area contributed by atoms with Gasteiger partial charge in [0.2, 0.25) is 0 Å². The highest BCUT2D eigenvalue weighted by molar-refractivity contribution is 6.31. The van der Waals surface area contributed by atoms with E-state index in [1.807, 2.05) is 61.5 Å². The molecule has 0 radical (unpaired) electrons. The van der Waals surface area contributed by atoms with E-state index in [0.29, 0.717) is 28.9 Å². The van der Waals surface area contributed by atoms with Gasteiger partial charge in [-0.25, -0.2) is 0 Å². The van der Waals surface area contributed by atoms with Gasteiger partial charge in [0.15, 0.2) is 0 Å². The normalized spacial score (nSPS) is 19.1. The number of H-pyrrole nitrogens is 1. The van der Waals surface area contributed by atoms with E-state index in [-0.39, 0.29) is 11.9 Å². The number of nitrogens with one attached hydrogen (secondary N) is 2. The van der Waals surface area contributed by atoms with Gasteiger partial charge in [-0.1, -0.05) is 54.1 Å². The fourth-order valence-electron chi connectivity index (χ4n) is 4.30. The molecule has 2 heterocycles. The van der Waals surface area contributed by atoms with Crippen molar-refractivity contribution in [2.24, 2.45) is 0 Å². The number of hydrogen-bond acceptors (Lipinski definition) is 4. The largest absolute Gasteiger partial charge is 0.387 e. The number of aliphatic hydroxyl groups excluding tert-OH is 1. The Morgan fingerprint density at radius 1 is 1.19 bits per heavy atom. The quantitative estimate of drug-likeness (QED) is 0.505. The number of rotatable bonds is 7. The molecule has 3 N–H and O–H groups in total. The van der Waals surface area contributed by atoms with E-state index in [9.17, 15) is 9.90 Å². The Hall–Kier alpha value is -2.67. The highest BCUT2D eigenvalue weighted by Gasteiger charge is 2.29. The molecular formula is C25H29ClN4O2. The van der Waals surface area contributed by atoms with Crippen molar-refractivity contribution in [2.45, 2.75) is 50.9 Å². The minimum absolute atomic E-state index is 0.0643. The maximum absolute atomic E-state index is 12.8. The van der Waals surface area contributed by atoms with Gasteiger partial charge < -0.3 is 15.3 Å². The standard InChI is InChI=1S/C25H29ClN4O2/c1-16-23(26)22(29-28-16)15-30(2)25(32)19-10-8-17(9-11-19)14-20-12-13-21(27-20)24(31)18-6-4-3-5-7-18/h3-11,20-21,24,27,31H,12-15H2,1-2H3,(H,28,29)/t20-,21+,24?/m0/s1. The molecule has 168 valence electrons. The van der Waals surface area contributed by atoms with Crippen LogP contribution in [0, 0.1) is 6.92 Å². The molecule has 1 amide bonds. The second-order valence-corrected chi connectivity index (χ2v) is 8.95. The molecule has 0 aliphatic carbocycles. The summed E-state index contributed by atoms with van der Waals surface area (Å²) >= 11 is 6.22. The van der Waals surface area contributed by atoms with Crippen LogP contribution in [0.2, 0.25) is 5.02 Å². The van der Waals surface area contributed by atoms with E-state index >= 15 is 0 Å². The van der Waals surface area contributed by atoms with Gasteiger partial charge in [0, 0.05) is 24.7 Å². The molecule has 3 aromatic rings. The molecule has 1 aliphatic heterocycles. The third kappa shape index (κ3) is 5.04. The number of carbonyl (C=O) groups is 1. The molecular weight excluding hydrogens is 424 g/mol.